The minimum atomic E-state index is -3.39. The van der Waals surface area contributed by atoms with Gasteiger partial charge in [-0.1, -0.05) is 12.1 Å². The van der Waals surface area contributed by atoms with Crippen molar-refractivity contribution in [3.63, 3.8) is 0 Å². The molecule has 0 amide bonds. The fraction of sp³-hybridized carbons (Fsp3) is 0.400. The van der Waals surface area contributed by atoms with E-state index in [2.05, 4.69) is 0 Å². The normalized spacial score (nSPS) is 13.5. The van der Waals surface area contributed by atoms with E-state index >= 15 is 0 Å². The summed E-state index contributed by atoms with van der Waals surface area (Å²) in [4.78, 5) is 0.0556. The number of aliphatic hydroxyl groups is 1. The molecule has 0 aliphatic heterocycles. The molecule has 1 unspecified atom stereocenters. The largest absolute Gasteiger partial charge is 0.495 e. The summed E-state index contributed by atoms with van der Waals surface area (Å²) in [6, 6.07) is 4.57. The third-order valence-electron chi connectivity index (χ3n) is 2.20. The SMILES string of the molecule is COc1c(C(O)CN)cccc1S(C)(=O)=O. The third-order valence-corrected chi connectivity index (χ3v) is 3.32. The minimum absolute atomic E-state index is 0.00355. The highest BCUT2D eigenvalue weighted by molar-refractivity contribution is 7.90. The molecule has 0 radical (unpaired) electrons. The van der Waals surface area contributed by atoms with Crippen molar-refractivity contribution in [1.82, 2.24) is 0 Å². The molecule has 0 aromatic heterocycles. The van der Waals surface area contributed by atoms with Crippen molar-refractivity contribution >= 4 is 9.84 Å². The van der Waals surface area contributed by atoms with E-state index in [9.17, 15) is 13.5 Å². The summed E-state index contributed by atoms with van der Waals surface area (Å²) in [5, 5.41) is 9.63. The van der Waals surface area contributed by atoms with Crippen LogP contribution in [0.25, 0.3) is 0 Å². The van der Waals surface area contributed by atoms with E-state index in [1.165, 1.54) is 13.2 Å². The molecule has 0 bridgehead atoms. The first kappa shape index (κ1) is 13.0. The number of sulfone groups is 1. The average molecular weight is 245 g/mol. The van der Waals surface area contributed by atoms with Crippen molar-refractivity contribution in [2.45, 2.75) is 11.0 Å². The van der Waals surface area contributed by atoms with Gasteiger partial charge in [-0.2, -0.15) is 0 Å². The summed E-state index contributed by atoms with van der Waals surface area (Å²) >= 11 is 0. The van der Waals surface area contributed by atoms with Gasteiger partial charge >= 0.3 is 0 Å². The number of rotatable bonds is 4. The number of para-hydroxylation sites is 1. The first-order chi connectivity index (χ1) is 7.41. The van der Waals surface area contributed by atoms with E-state index < -0.39 is 15.9 Å². The van der Waals surface area contributed by atoms with Gasteiger partial charge in [0.2, 0.25) is 0 Å². The van der Waals surface area contributed by atoms with Crippen molar-refractivity contribution < 1.29 is 18.3 Å². The quantitative estimate of drug-likeness (QED) is 0.784. The molecule has 1 aromatic carbocycles. The van der Waals surface area contributed by atoms with Crippen molar-refractivity contribution in [2.24, 2.45) is 5.73 Å². The van der Waals surface area contributed by atoms with Crippen LogP contribution < -0.4 is 10.5 Å². The van der Waals surface area contributed by atoms with Crippen LogP contribution in [0.1, 0.15) is 11.7 Å². The Kier molecular flexibility index (Phi) is 3.90. The molecule has 0 saturated heterocycles. The van der Waals surface area contributed by atoms with E-state index in [0.29, 0.717) is 5.56 Å². The second kappa shape index (κ2) is 4.82. The van der Waals surface area contributed by atoms with Crippen molar-refractivity contribution in [3.8, 4) is 5.75 Å². The Hall–Kier alpha value is -1.11. The monoisotopic (exact) mass is 245 g/mol. The smallest absolute Gasteiger partial charge is 0.179 e. The van der Waals surface area contributed by atoms with E-state index in [1.54, 1.807) is 12.1 Å². The van der Waals surface area contributed by atoms with Gasteiger partial charge in [0.15, 0.2) is 9.84 Å². The first-order valence-corrected chi connectivity index (χ1v) is 6.56. The summed E-state index contributed by atoms with van der Waals surface area (Å²) in [6.45, 7) is 0.00355. The molecule has 16 heavy (non-hydrogen) atoms. The maximum atomic E-state index is 11.5. The van der Waals surface area contributed by atoms with Gasteiger partial charge < -0.3 is 15.6 Å². The van der Waals surface area contributed by atoms with Gasteiger partial charge in [0.05, 0.1) is 13.2 Å². The summed E-state index contributed by atoms with van der Waals surface area (Å²) in [5.74, 6) is 0.156. The van der Waals surface area contributed by atoms with Gasteiger partial charge in [-0.15, -0.1) is 0 Å². The Bertz CT molecular complexity index is 470. The lowest BCUT2D eigenvalue weighted by molar-refractivity contribution is 0.181. The highest BCUT2D eigenvalue weighted by Crippen LogP contribution is 2.31. The average Bonchev–Trinajstić information content (AvgIpc) is 2.25. The van der Waals surface area contributed by atoms with Crippen molar-refractivity contribution in [1.29, 1.82) is 0 Å². The second-order valence-corrected chi connectivity index (χ2v) is 5.39. The van der Waals surface area contributed by atoms with Crippen LogP contribution in [0.15, 0.2) is 23.1 Å². The Morgan fingerprint density at radius 3 is 2.56 bits per heavy atom. The van der Waals surface area contributed by atoms with Crippen LogP contribution in [0.4, 0.5) is 0 Å². The lowest BCUT2D eigenvalue weighted by Gasteiger charge is -2.15. The molecule has 1 rings (SSSR count). The van der Waals surface area contributed by atoms with E-state index in [-0.39, 0.29) is 17.2 Å². The summed E-state index contributed by atoms with van der Waals surface area (Å²) in [5.41, 5.74) is 5.71. The van der Waals surface area contributed by atoms with Crippen LogP contribution in [0.5, 0.6) is 5.75 Å². The lowest BCUT2D eigenvalue weighted by Crippen LogP contribution is -2.14. The van der Waals surface area contributed by atoms with Gasteiger partial charge in [0.25, 0.3) is 0 Å². The zero-order chi connectivity index (χ0) is 12.3. The molecule has 0 spiro atoms. The van der Waals surface area contributed by atoms with Crippen molar-refractivity contribution in [3.05, 3.63) is 23.8 Å². The molecular weight excluding hydrogens is 230 g/mol. The molecule has 0 heterocycles. The Labute approximate surface area is 94.8 Å². The molecule has 0 fully saturated rings. The van der Waals surface area contributed by atoms with Crippen molar-refractivity contribution in [2.75, 3.05) is 19.9 Å². The number of benzene rings is 1. The maximum absolute atomic E-state index is 11.5. The standard InChI is InChI=1S/C10H15NO4S/c1-15-10-7(8(12)6-11)4-3-5-9(10)16(2,13)14/h3-5,8,12H,6,11H2,1-2H3. The predicted octanol–water partition coefficient (Wildman–Crippen LogP) is 0.0908. The highest BCUT2D eigenvalue weighted by Gasteiger charge is 2.20. The topological polar surface area (TPSA) is 89.6 Å². The number of nitrogens with two attached hydrogens (primary N) is 1. The molecule has 0 aliphatic carbocycles. The van der Waals surface area contributed by atoms with Crippen LogP contribution in [0.3, 0.4) is 0 Å². The molecular formula is C10H15NO4S. The zero-order valence-electron chi connectivity index (χ0n) is 9.17. The number of ether oxygens (including phenoxy) is 1. The third kappa shape index (κ3) is 2.52. The summed E-state index contributed by atoms with van der Waals surface area (Å²) in [7, 11) is -2.03. The van der Waals surface area contributed by atoms with Crippen LogP contribution in [-0.2, 0) is 9.84 Å². The first-order valence-electron chi connectivity index (χ1n) is 4.67. The fourth-order valence-corrected chi connectivity index (χ4v) is 2.30. The Morgan fingerprint density at radius 2 is 2.12 bits per heavy atom. The number of aliphatic hydroxyl groups excluding tert-OH is 1. The van der Waals surface area contributed by atoms with Gasteiger partial charge in [-0.05, 0) is 6.07 Å². The highest BCUT2D eigenvalue weighted by atomic mass is 32.2. The Morgan fingerprint density at radius 1 is 1.50 bits per heavy atom. The van der Waals surface area contributed by atoms with Crippen LogP contribution in [-0.4, -0.2) is 33.4 Å². The molecule has 3 N–H and O–H groups in total. The lowest BCUT2D eigenvalue weighted by atomic mass is 10.1. The van der Waals surface area contributed by atoms with Crippen LogP contribution in [0.2, 0.25) is 0 Å². The number of hydrogen-bond donors (Lipinski definition) is 2. The fourth-order valence-electron chi connectivity index (χ4n) is 1.43. The zero-order valence-corrected chi connectivity index (χ0v) is 9.99. The molecule has 1 atom stereocenters. The maximum Gasteiger partial charge on any atom is 0.179 e. The van der Waals surface area contributed by atoms with E-state index in [0.717, 1.165) is 6.26 Å². The molecule has 0 saturated carbocycles. The van der Waals surface area contributed by atoms with Gasteiger partial charge in [0, 0.05) is 18.4 Å². The molecule has 5 nitrogen and oxygen atoms in total. The van der Waals surface area contributed by atoms with E-state index in [1.807, 2.05) is 0 Å². The number of methoxy groups -OCH3 is 1. The van der Waals surface area contributed by atoms with E-state index in [4.69, 9.17) is 10.5 Å². The molecule has 6 heteroatoms. The van der Waals surface area contributed by atoms with Gasteiger partial charge in [0.1, 0.15) is 10.6 Å². The summed E-state index contributed by atoms with van der Waals surface area (Å²) < 4.78 is 28.0. The molecule has 0 aliphatic rings. The van der Waals surface area contributed by atoms with Gasteiger partial charge in [-0.3, -0.25) is 0 Å². The predicted molar refractivity (Wildman–Crippen MR) is 60.1 cm³/mol. The van der Waals surface area contributed by atoms with Crippen LogP contribution in [0, 0.1) is 0 Å². The number of hydrogen-bond acceptors (Lipinski definition) is 5. The molecule has 1 aromatic rings. The summed E-state index contributed by atoms with van der Waals surface area (Å²) in [6.07, 6.45) is 0.153. The van der Waals surface area contributed by atoms with Crippen LogP contribution >= 0.6 is 0 Å². The minimum Gasteiger partial charge on any atom is -0.495 e. The molecule has 90 valence electrons. The Balaban J connectivity index is 3.44. The second-order valence-electron chi connectivity index (χ2n) is 3.40. The van der Waals surface area contributed by atoms with Gasteiger partial charge in [-0.25, -0.2) is 8.42 Å².